The quantitative estimate of drug-likeness (QED) is 0.832. The highest BCUT2D eigenvalue weighted by molar-refractivity contribution is 5.76. The monoisotopic (exact) mass is 347 g/mol. The average molecular weight is 348 g/mol. The largest absolute Gasteiger partial charge is 0.340 e. The van der Waals surface area contributed by atoms with Crippen LogP contribution >= 0.6 is 0 Å². The van der Waals surface area contributed by atoms with Gasteiger partial charge in [0.1, 0.15) is 5.82 Å². The van der Waals surface area contributed by atoms with Crippen molar-refractivity contribution in [3.8, 4) is 0 Å². The van der Waals surface area contributed by atoms with Crippen LogP contribution in [-0.2, 0) is 4.79 Å². The van der Waals surface area contributed by atoms with Gasteiger partial charge in [-0.25, -0.2) is 4.98 Å². The molecule has 1 aromatic rings. The molecule has 1 N–H and O–H groups in total. The molecular weight excluding hydrogens is 314 g/mol. The number of carbonyl (C=O) groups excluding carboxylic acids is 1. The van der Waals surface area contributed by atoms with E-state index < -0.39 is 0 Å². The lowest BCUT2D eigenvalue weighted by Gasteiger charge is -2.37. The second-order valence-corrected chi connectivity index (χ2v) is 7.77. The fourth-order valence-electron chi connectivity index (χ4n) is 4.21. The zero-order chi connectivity index (χ0) is 17.6. The highest BCUT2D eigenvalue weighted by atomic mass is 16.2. The summed E-state index contributed by atoms with van der Waals surface area (Å²) in [5, 5.41) is 7.19. The van der Waals surface area contributed by atoms with E-state index in [2.05, 4.69) is 31.9 Å². The number of carbonyl (C=O) groups is 1. The molecule has 0 radical (unpaired) electrons. The number of aryl methyl sites for hydroxylation is 1. The van der Waals surface area contributed by atoms with Crippen LogP contribution in [0.25, 0.3) is 0 Å². The van der Waals surface area contributed by atoms with Crippen LogP contribution in [0.5, 0.6) is 0 Å². The van der Waals surface area contributed by atoms with E-state index in [4.69, 9.17) is 0 Å². The normalized spacial score (nSPS) is 21.9. The van der Waals surface area contributed by atoms with Gasteiger partial charge in [0.15, 0.2) is 5.82 Å². The van der Waals surface area contributed by atoms with Gasteiger partial charge in [-0.3, -0.25) is 14.8 Å². The molecule has 6 heteroatoms. The van der Waals surface area contributed by atoms with Crippen molar-refractivity contribution in [2.45, 2.75) is 71.3 Å². The lowest BCUT2D eigenvalue weighted by molar-refractivity contribution is -0.133. The second-order valence-electron chi connectivity index (χ2n) is 7.77. The Balaban J connectivity index is 1.41. The molecule has 1 aromatic heterocycles. The zero-order valence-corrected chi connectivity index (χ0v) is 15.8. The Labute approximate surface area is 151 Å². The van der Waals surface area contributed by atoms with Gasteiger partial charge in [0.25, 0.3) is 0 Å². The van der Waals surface area contributed by atoms with Crippen molar-refractivity contribution in [1.29, 1.82) is 0 Å². The molecule has 1 atom stereocenters. The van der Waals surface area contributed by atoms with E-state index in [1.165, 1.54) is 38.5 Å². The summed E-state index contributed by atoms with van der Waals surface area (Å²) in [5.41, 5.74) is 0. The van der Waals surface area contributed by atoms with Crippen LogP contribution < -0.4 is 0 Å². The molecule has 1 aliphatic heterocycles. The predicted octanol–water partition coefficient (Wildman–Crippen LogP) is 3.07. The number of piperazine rings is 1. The molecule has 0 spiro atoms. The second kappa shape index (κ2) is 8.79. The van der Waals surface area contributed by atoms with E-state index in [1.54, 1.807) is 0 Å². The molecule has 6 nitrogen and oxygen atoms in total. The molecule has 140 valence electrons. The molecule has 1 amide bonds. The third-order valence-corrected chi connectivity index (χ3v) is 5.94. The van der Waals surface area contributed by atoms with Crippen molar-refractivity contribution in [2.75, 3.05) is 26.2 Å². The average Bonchev–Trinajstić information content (AvgIpc) is 2.91. The van der Waals surface area contributed by atoms with Crippen molar-refractivity contribution in [3.05, 3.63) is 11.6 Å². The number of rotatable bonds is 5. The Morgan fingerprint density at radius 1 is 1.16 bits per heavy atom. The maximum absolute atomic E-state index is 12.6. The molecule has 2 heterocycles. The third kappa shape index (κ3) is 5.03. The zero-order valence-electron chi connectivity index (χ0n) is 15.8. The van der Waals surface area contributed by atoms with Crippen LogP contribution in [0.1, 0.15) is 76.0 Å². The Morgan fingerprint density at radius 2 is 1.84 bits per heavy atom. The van der Waals surface area contributed by atoms with E-state index >= 15 is 0 Å². The molecule has 1 saturated heterocycles. The van der Waals surface area contributed by atoms with Crippen molar-refractivity contribution < 1.29 is 4.79 Å². The summed E-state index contributed by atoms with van der Waals surface area (Å²) < 4.78 is 0. The summed E-state index contributed by atoms with van der Waals surface area (Å²) in [6.07, 6.45) is 9.96. The first kappa shape index (κ1) is 18.4. The van der Waals surface area contributed by atoms with E-state index in [0.29, 0.717) is 5.91 Å². The van der Waals surface area contributed by atoms with Gasteiger partial charge in [0, 0.05) is 32.6 Å². The first-order chi connectivity index (χ1) is 12.1. The Bertz CT molecular complexity index is 542. The van der Waals surface area contributed by atoms with Crippen LogP contribution in [0, 0.1) is 12.8 Å². The van der Waals surface area contributed by atoms with Gasteiger partial charge in [-0.05, 0) is 26.2 Å². The van der Waals surface area contributed by atoms with Crippen LogP contribution in [0.3, 0.4) is 0 Å². The lowest BCUT2D eigenvalue weighted by atomic mass is 9.94. The van der Waals surface area contributed by atoms with Crippen LogP contribution in [0.2, 0.25) is 0 Å². The fraction of sp³-hybridized carbons (Fsp3) is 0.842. The summed E-state index contributed by atoms with van der Waals surface area (Å²) in [6.45, 7) is 7.54. The number of nitrogens with one attached hydrogen (secondary N) is 1. The van der Waals surface area contributed by atoms with Crippen molar-refractivity contribution >= 4 is 5.91 Å². The summed E-state index contributed by atoms with van der Waals surface area (Å²) in [5.74, 6) is 2.84. The molecule has 25 heavy (non-hydrogen) atoms. The van der Waals surface area contributed by atoms with Gasteiger partial charge in [-0.2, -0.15) is 5.10 Å². The maximum atomic E-state index is 12.6. The van der Waals surface area contributed by atoms with Crippen molar-refractivity contribution in [2.24, 2.45) is 5.92 Å². The summed E-state index contributed by atoms with van der Waals surface area (Å²) in [6, 6.07) is 0.202. The van der Waals surface area contributed by atoms with Crippen molar-refractivity contribution in [3.63, 3.8) is 0 Å². The maximum Gasteiger partial charge on any atom is 0.222 e. The molecule has 1 unspecified atom stereocenters. The topological polar surface area (TPSA) is 65.1 Å². The molecular formula is C19H33N5O. The minimum absolute atomic E-state index is 0.202. The van der Waals surface area contributed by atoms with Crippen LogP contribution in [-0.4, -0.2) is 57.1 Å². The first-order valence-electron chi connectivity index (χ1n) is 10.0. The number of aromatic amines is 1. The summed E-state index contributed by atoms with van der Waals surface area (Å²) in [7, 11) is 0. The van der Waals surface area contributed by atoms with Gasteiger partial charge in [0.05, 0.1) is 6.04 Å². The minimum Gasteiger partial charge on any atom is -0.340 e. The number of H-pyrrole nitrogens is 1. The molecule has 1 saturated carbocycles. The van der Waals surface area contributed by atoms with Crippen molar-refractivity contribution in [1.82, 2.24) is 25.0 Å². The number of hydrogen-bond donors (Lipinski definition) is 1. The third-order valence-electron chi connectivity index (χ3n) is 5.94. The molecule has 2 aliphatic rings. The lowest BCUT2D eigenvalue weighted by Crippen LogP contribution is -2.49. The molecule has 3 rings (SSSR count). The predicted molar refractivity (Wildman–Crippen MR) is 98.1 cm³/mol. The number of hydrogen-bond acceptors (Lipinski definition) is 4. The SMILES string of the molecule is Cc1nc(C(C)N2CCN(C(=O)CCC3CCCCCC3)CC2)n[nH]1. The molecule has 1 aliphatic carbocycles. The minimum atomic E-state index is 0.202. The summed E-state index contributed by atoms with van der Waals surface area (Å²) in [4.78, 5) is 21.4. The van der Waals surface area contributed by atoms with Crippen LogP contribution in [0.4, 0.5) is 0 Å². The Hall–Kier alpha value is -1.43. The summed E-state index contributed by atoms with van der Waals surface area (Å²) >= 11 is 0. The smallest absolute Gasteiger partial charge is 0.222 e. The van der Waals surface area contributed by atoms with Gasteiger partial charge < -0.3 is 4.90 Å². The Kier molecular flexibility index (Phi) is 6.45. The first-order valence-corrected chi connectivity index (χ1v) is 10.0. The number of amides is 1. The number of aromatic nitrogens is 3. The number of nitrogens with zero attached hydrogens (tertiary/aromatic N) is 4. The van der Waals surface area contributed by atoms with E-state index in [1.807, 2.05) is 6.92 Å². The molecule has 0 bridgehead atoms. The van der Waals surface area contributed by atoms with Crippen LogP contribution in [0.15, 0.2) is 0 Å². The van der Waals surface area contributed by atoms with E-state index in [0.717, 1.165) is 56.6 Å². The highest BCUT2D eigenvalue weighted by Crippen LogP contribution is 2.27. The van der Waals surface area contributed by atoms with Gasteiger partial charge in [-0.15, -0.1) is 0 Å². The Morgan fingerprint density at radius 3 is 2.44 bits per heavy atom. The standard InChI is InChI=1S/C19H33N5O/c1-15(19-20-16(2)21-22-19)23-11-13-24(14-12-23)18(25)10-9-17-7-5-3-4-6-8-17/h15,17H,3-14H2,1-2H3,(H,20,21,22). The van der Waals surface area contributed by atoms with Gasteiger partial charge in [-0.1, -0.05) is 38.5 Å². The van der Waals surface area contributed by atoms with Gasteiger partial charge in [0.2, 0.25) is 5.91 Å². The van der Waals surface area contributed by atoms with E-state index in [9.17, 15) is 4.79 Å². The molecule has 0 aromatic carbocycles. The highest BCUT2D eigenvalue weighted by Gasteiger charge is 2.26. The van der Waals surface area contributed by atoms with E-state index in [-0.39, 0.29) is 6.04 Å². The van der Waals surface area contributed by atoms with Gasteiger partial charge >= 0.3 is 0 Å². The fourth-order valence-corrected chi connectivity index (χ4v) is 4.21. The molecule has 2 fully saturated rings.